The molecular formula is C14H19BrN4O4. The van der Waals surface area contributed by atoms with Gasteiger partial charge in [-0.05, 0) is 36.7 Å². The highest BCUT2D eigenvalue weighted by molar-refractivity contribution is 9.10. The maximum atomic E-state index is 12.3. The first-order valence-electron chi connectivity index (χ1n) is 7.43. The number of ether oxygens (including phenoxy) is 2. The number of carbonyl (C=O) groups is 1. The number of hydrogen-bond donors (Lipinski definition) is 0. The van der Waals surface area contributed by atoms with Crippen molar-refractivity contribution in [1.29, 1.82) is 0 Å². The molecular weight excluding hydrogens is 368 g/mol. The third kappa shape index (κ3) is 3.25. The highest BCUT2D eigenvalue weighted by atomic mass is 79.9. The third-order valence-corrected chi connectivity index (χ3v) is 4.31. The monoisotopic (exact) mass is 386 g/mol. The quantitative estimate of drug-likeness (QED) is 0.659. The first kappa shape index (κ1) is 16.4. The molecule has 1 saturated heterocycles. The van der Waals surface area contributed by atoms with Crippen LogP contribution in [0.25, 0.3) is 0 Å². The Hall–Kier alpha value is -1.48. The van der Waals surface area contributed by atoms with Crippen molar-refractivity contribution in [3.63, 3.8) is 0 Å². The Kier molecular flexibility index (Phi) is 3.96. The van der Waals surface area contributed by atoms with E-state index in [9.17, 15) is 9.59 Å². The lowest BCUT2D eigenvalue weighted by Gasteiger charge is -2.40. The summed E-state index contributed by atoms with van der Waals surface area (Å²) < 4.78 is 13.1. The van der Waals surface area contributed by atoms with Crippen molar-refractivity contribution in [1.82, 2.24) is 19.7 Å². The molecule has 0 N–H and O–H groups in total. The van der Waals surface area contributed by atoms with E-state index in [-0.39, 0.29) is 16.3 Å². The lowest BCUT2D eigenvalue weighted by atomic mass is 10.00. The molecule has 1 aromatic heterocycles. The number of halogens is 1. The van der Waals surface area contributed by atoms with Crippen LogP contribution in [0.2, 0.25) is 0 Å². The van der Waals surface area contributed by atoms with Gasteiger partial charge in [-0.25, -0.2) is 4.79 Å². The molecule has 0 bridgehead atoms. The largest absolute Gasteiger partial charge is 0.444 e. The van der Waals surface area contributed by atoms with E-state index in [0.717, 1.165) is 0 Å². The van der Waals surface area contributed by atoms with E-state index in [0.29, 0.717) is 38.5 Å². The smallest absolute Gasteiger partial charge is 0.410 e. The van der Waals surface area contributed by atoms with Crippen molar-refractivity contribution in [2.75, 3.05) is 19.7 Å². The maximum absolute atomic E-state index is 12.3. The molecule has 0 aliphatic carbocycles. The van der Waals surface area contributed by atoms with Crippen molar-refractivity contribution < 1.29 is 14.3 Å². The molecule has 2 aliphatic rings. The van der Waals surface area contributed by atoms with Gasteiger partial charge in [-0.3, -0.25) is 9.36 Å². The van der Waals surface area contributed by atoms with Gasteiger partial charge < -0.3 is 14.4 Å². The van der Waals surface area contributed by atoms with Gasteiger partial charge in [0.2, 0.25) is 0 Å². The number of carbonyl (C=O) groups excluding carboxylic acids is 1. The van der Waals surface area contributed by atoms with E-state index in [1.807, 2.05) is 20.8 Å². The van der Waals surface area contributed by atoms with Crippen LogP contribution in [-0.2, 0) is 22.4 Å². The number of fused-ring (bicyclic) bond motifs is 1. The number of aromatic nitrogens is 3. The van der Waals surface area contributed by atoms with Crippen LogP contribution in [0.4, 0.5) is 4.79 Å². The summed E-state index contributed by atoms with van der Waals surface area (Å²) in [4.78, 5) is 26.1. The summed E-state index contributed by atoms with van der Waals surface area (Å²) >= 11 is 3.10. The average Bonchev–Trinajstić information content (AvgIpc) is 2.80. The fourth-order valence-electron chi connectivity index (χ4n) is 2.88. The summed E-state index contributed by atoms with van der Waals surface area (Å²) in [5.41, 5.74) is -1.42. The first-order chi connectivity index (χ1) is 10.7. The van der Waals surface area contributed by atoms with Gasteiger partial charge in [0.15, 0.2) is 4.60 Å². The summed E-state index contributed by atoms with van der Waals surface area (Å²) in [6, 6.07) is 0. The lowest BCUT2D eigenvalue weighted by molar-refractivity contribution is -0.107. The van der Waals surface area contributed by atoms with E-state index < -0.39 is 11.2 Å². The van der Waals surface area contributed by atoms with Gasteiger partial charge >= 0.3 is 6.09 Å². The van der Waals surface area contributed by atoms with Crippen LogP contribution < -0.4 is 5.56 Å². The standard InChI is InChI=1S/C14H19BrN4O4/c1-13(2,3)23-12(21)18-4-5-22-14(7-18)6-9-16-17-10(15)11(20)19(9)8-14/h4-8H2,1-3H3. The number of hydrogen-bond acceptors (Lipinski definition) is 6. The highest BCUT2D eigenvalue weighted by Gasteiger charge is 2.45. The highest BCUT2D eigenvalue weighted by Crippen LogP contribution is 2.30. The molecule has 1 aromatic rings. The van der Waals surface area contributed by atoms with Crippen molar-refractivity contribution in [2.45, 2.75) is 44.9 Å². The predicted molar refractivity (Wildman–Crippen MR) is 84.2 cm³/mol. The summed E-state index contributed by atoms with van der Waals surface area (Å²) in [5, 5.41) is 7.85. The molecule has 2 aliphatic heterocycles. The van der Waals surface area contributed by atoms with Crippen LogP contribution in [0.3, 0.4) is 0 Å². The molecule has 1 amide bonds. The summed E-state index contributed by atoms with van der Waals surface area (Å²) in [6.45, 7) is 7.09. The zero-order valence-electron chi connectivity index (χ0n) is 13.3. The molecule has 1 spiro atoms. The number of nitrogens with zero attached hydrogens (tertiary/aromatic N) is 4. The molecule has 126 valence electrons. The molecule has 9 heteroatoms. The minimum Gasteiger partial charge on any atom is -0.444 e. The van der Waals surface area contributed by atoms with Crippen LogP contribution in [-0.4, -0.2) is 56.7 Å². The second kappa shape index (κ2) is 5.55. The molecule has 1 atom stereocenters. The fraction of sp³-hybridized carbons (Fsp3) is 0.714. The maximum Gasteiger partial charge on any atom is 0.410 e. The Morgan fingerprint density at radius 1 is 1.35 bits per heavy atom. The third-order valence-electron chi connectivity index (χ3n) is 3.81. The normalized spacial score (nSPS) is 23.9. The van der Waals surface area contributed by atoms with Crippen LogP contribution >= 0.6 is 15.9 Å². The van der Waals surface area contributed by atoms with E-state index in [1.54, 1.807) is 9.47 Å². The molecule has 23 heavy (non-hydrogen) atoms. The Bertz CT molecular complexity index is 699. The second-order valence-corrected chi connectivity index (χ2v) is 7.66. The Morgan fingerprint density at radius 3 is 2.78 bits per heavy atom. The van der Waals surface area contributed by atoms with E-state index in [1.165, 1.54) is 0 Å². The van der Waals surface area contributed by atoms with Gasteiger partial charge in [-0.15, -0.1) is 10.2 Å². The molecule has 3 heterocycles. The molecule has 1 unspecified atom stereocenters. The van der Waals surface area contributed by atoms with Crippen LogP contribution in [0, 0.1) is 0 Å². The van der Waals surface area contributed by atoms with Crippen molar-refractivity contribution in [3.8, 4) is 0 Å². The minimum atomic E-state index is -0.642. The molecule has 8 nitrogen and oxygen atoms in total. The number of amides is 1. The topological polar surface area (TPSA) is 86.6 Å². The molecule has 0 aromatic carbocycles. The van der Waals surface area contributed by atoms with E-state index in [4.69, 9.17) is 9.47 Å². The van der Waals surface area contributed by atoms with Gasteiger partial charge in [0.25, 0.3) is 5.56 Å². The predicted octanol–water partition coefficient (Wildman–Crippen LogP) is 0.963. The SMILES string of the molecule is CC(C)(C)OC(=O)N1CCOC2(Cc3nnc(Br)c(=O)n3C2)C1. The van der Waals surface area contributed by atoms with Crippen molar-refractivity contribution in [3.05, 3.63) is 20.8 Å². The zero-order valence-corrected chi connectivity index (χ0v) is 14.9. The molecule has 0 radical (unpaired) electrons. The molecule has 1 fully saturated rings. The average molecular weight is 387 g/mol. The van der Waals surface area contributed by atoms with Crippen molar-refractivity contribution in [2.24, 2.45) is 0 Å². The van der Waals surface area contributed by atoms with E-state index >= 15 is 0 Å². The fourth-order valence-corrected chi connectivity index (χ4v) is 3.18. The summed E-state index contributed by atoms with van der Waals surface area (Å²) in [7, 11) is 0. The van der Waals surface area contributed by atoms with Crippen LogP contribution in [0.5, 0.6) is 0 Å². The Balaban J connectivity index is 1.79. The summed E-state index contributed by atoms with van der Waals surface area (Å²) in [5.74, 6) is 0.573. The Labute approximate surface area is 141 Å². The lowest BCUT2D eigenvalue weighted by Crippen LogP contribution is -2.55. The second-order valence-electron chi connectivity index (χ2n) is 6.91. The first-order valence-corrected chi connectivity index (χ1v) is 8.22. The summed E-state index contributed by atoms with van der Waals surface area (Å²) in [6.07, 6.45) is 0.0812. The van der Waals surface area contributed by atoms with Crippen LogP contribution in [0.1, 0.15) is 26.6 Å². The van der Waals surface area contributed by atoms with Gasteiger partial charge in [0.1, 0.15) is 17.0 Å². The Morgan fingerprint density at radius 2 is 2.09 bits per heavy atom. The molecule has 0 saturated carbocycles. The van der Waals surface area contributed by atoms with Crippen LogP contribution in [0.15, 0.2) is 9.40 Å². The van der Waals surface area contributed by atoms with Crippen molar-refractivity contribution >= 4 is 22.0 Å². The molecule has 3 rings (SSSR count). The van der Waals surface area contributed by atoms with Gasteiger partial charge in [0, 0.05) is 13.0 Å². The van der Waals surface area contributed by atoms with E-state index in [2.05, 4.69) is 26.1 Å². The number of rotatable bonds is 0. The zero-order chi connectivity index (χ0) is 16.8. The van der Waals surface area contributed by atoms with Gasteiger partial charge in [-0.2, -0.15) is 0 Å². The number of morpholine rings is 1. The van der Waals surface area contributed by atoms with Gasteiger partial charge in [-0.1, -0.05) is 0 Å². The van der Waals surface area contributed by atoms with Gasteiger partial charge in [0.05, 0.1) is 19.7 Å². The minimum absolute atomic E-state index is 0.179.